The van der Waals surface area contributed by atoms with Crippen molar-refractivity contribution >= 4 is 22.7 Å². The number of amides is 2. The molecule has 0 aliphatic carbocycles. The number of aromatic nitrogens is 2. The Morgan fingerprint density at radius 2 is 2.00 bits per heavy atom. The summed E-state index contributed by atoms with van der Waals surface area (Å²) in [4.78, 5) is 44.7. The van der Waals surface area contributed by atoms with Crippen molar-refractivity contribution in [3.8, 4) is 11.1 Å². The quantitative estimate of drug-likeness (QED) is 0.632. The Morgan fingerprint density at radius 3 is 2.83 bits per heavy atom. The van der Waals surface area contributed by atoms with E-state index in [9.17, 15) is 14.4 Å². The second kappa shape index (κ2) is 8.26. The first kappa shape index (κ1) is 18.9. The number of nitrogens with one attached hydrogen (secondary N) is 2. The van der Waals surface area contributed by atoms with Gasteiger partial charge in [0.15, 0.2) is 0 Å². The van der Waals surface area contributed by atoms with E-state index in [4.69, 9.17) is 0 Å². The average Bonchev–Trinajstić information content (AvgIpc) is 3.16. The van der Waals surface area contributed by atoms with E-state index in [0.717, 1.165) is 30.5 Å². The maximum Gasteiger partial charge on any atom is 0.258 e. The van der Waals surface area contributed by atoms with Crippen LogP contribution in [0.5, 0.6) is 0 Å². The fourth-order valence-corrected chi connectivity index (χ4v) is 3.60. The van der Waals surface area contributed by atoms with Crippen molar-refractivity contribution in [3.05, 3.63) is 64.7 Å². The van der Waals surface area contributed by atoms with Gasteiger partial charge in [0.05, 0.1) is 17.2 Å². The molecule has 2 N–H and O–H groups in total. The number of aromatic amines is 1. The fraction of sp³-hybridized carbons (Fsp3) is 0.273. The summed E-state index contributed by atoms with van der Waals surface area (Å²) in [5, 5.41) is 3.42. The molecule has 2 heterocycles. The predicted octanol–water partition coefficient (Wildman–Crippen LogP) is 2.33. The molecule has 7 heteroatoms. The monoisotopic (exact) mass is 390 g/mol. The number of carbonyl (C=O) groups excluding carboxylic acids is 2. The fourth-order valence-electron chi connectivity index (χ4n) is 3.60. The highest BCUT2D eigenvalue weighted by molar-refractivity contribution is 5.95. The third kappa shape index (κ3) is 4.18. The number of H-pyrrole nitrogens is 1. The smallest absolute Gasteiger partial charge is 0.258 e. The van der Waals surface area contributed by atoms with Gasteiger partial charge in [0, 0.05) is 31.6 Å². The molecule has 0 spiro atoms. The van der Waals surface area contributed by atoms with Gasteiger partial charge in [0.1, 0.15) is 0 Å². The minimum atomic E-state index is -0.192. The Labute approximate surface area is 167 Å². The number of hydrogen-bond acceptors (Lipinski definition) is 4. The van der Waals surface area contributed by atoms with Crippen LogP contribution in [0.25, 0.3) is 22.0 Å². The summed E-state index contributed by atoms with van der Waals surface area (Å²) >= 11 is 0. The third-order valence-corrected chi connectivity index (χ3v) is 5.16. The molecule has 1 aliphatic heterocycles. The van der Waals surface area contributed by atoms with Crippen molar-refractivity contribution in [2.75, 3.05) is 19.6 Å². The molecule has 0 unspecified atom stereocenters. The molecule has 1 saturated heterocycles. The van der Waals surface area contributed by atoms with Crippen molar-refractivity contribution in [2.45, 2.75) is 19.3 Å². The lowest BCUT2D eigenvalue weighted by Gasteiger charge is -2.15. The number of hydrogen-bond donors (Lipinski definition) is 2. The zero-order valence-corrected chi connectivity index (χ0v) is 16.0. The minimum Gasteiger partial charge on any atom is -0.352 e. The van der Waals surface area contributed by atoms with Gasteiger partial charge in [0.2, 0.25) is 5.91 Å². The Morgan fingerprint density at radius 1 is 1.14 bits per heavy atom. The highest BCUT2D eigenvalue weighted by atomic mass is 16.2. The first-order chi connectivity index (χ1) is 14.1. The van der Waals surface area contributed by atoms with Gasteiger partial charge >= 0.3 is 0 Å². The van der Waals surface area contributed by atoms with E-state index in [2.05, 4.69) is 15.3 Å². The largest absolute Gasteiger partial charge is 0.352 e. The Bertz CT molecular complexity index is 1120. The summed E-state index contributed by atoms with van der Waals surface area (Å²) < 4.78 is 0. The Balaban J connectivity index is 1.43. The normalized spacial score (nSPS) is 13.8. The van der Waals surface area contributed by atoms with Crippen LogP contribution >= 0.6 is 0 Å². The molecule has 7 nitrogen and oxygen atoms in total. The van der Waals surface area contributed by atoms with Crippen LogP contribution in [-0.4, -0.2) is 46.3 Å². The molecule has 1 aromatic heterocycles. The summed E-state index contributed by atoms with van der Waals surface area (Å²) in [5.41, 5.74) is 2.69. The van der Waals surface area contributed by atoms with Gasteiger partial charge in [-0.15, -0.1) is 0 Å². The second-order valence-corrected chi connectivity index (χ2v) is 7.14. The van der Waals surface area contributed by atoms with Gasteiger partial charge in [-0.25, -0.2) is 4.98 Å². The molecule has 29 heavy (non-hydrogen) atoms. The van der Waals surface area contributed by atoms with Crippen LogP contribution in [0, 0.1) is 0 Å². The number of rotatable bonds is 6. The van der Waals surface area contributed by atoms with Gasteiger partial charge in [-0.3, -0.25) is 14.4 Å². The highest BCUT2D eigenvalue weighted by Gasteiger charge is 2.19. The van der Waals surface area contributed by atoms with Crippen molar-refractivity contribution in [1.29, 1.82) is 0 Å². The molecule has 0 saturated carbocycles. The third-order valence-electron chi connectivity index (χ3n) is 5.16. The van der Waals surface area contributed by atoms with Gasteiger partial charge in [0.25, 0.3) is 11.5 Å². The van der Waals surface area contributed by atoms with E-state index in [-0.39, 0.29) is 17.4 Å². The van der Waals surface area contributed by atoms with Gasteiger partial charge in [-0.05, 0) is 48.2 Å². The molecule has 4 rings (SSSR count). The van der Waals surface area contributed by atoms with E-state index in [1.165, 1.54) is 6.33 Å². The first-order valence-corrected chi connectivity index (χ1v) is 9.76. The number of nitrogens with zero attached hydrogens (tertiary/aromatic N) is 2. The van der Waals surface area contributed by atoms with Gasteiger partial charge in [-0.1, -0.05) is 18.2 Å². The second-order valence-electron chi connectivity index (χ2n) is 7.14. The summed E-state index contributed by atoms with van der Waals surface area (Å²) in [6, 6.07) is 12.8. The lowest BCUT2D eigenvalue weighted by molar-refractivity contribution is -0.127. The first-order valence-electron chi connectivity index (χ1n) is 9.76. The molecule has 0 atom stereocenters. The van der Waals surface area contributed by atoms with E-state index in [1.807, 2.05) is 29.2 Å². The maximum absolute atomic E-state index is 12.5. The lowest BCUT2D eigenvalue weighted by Crippen LogP contribution is -2.30. The van der Waals surface area contributed by atoms with Crippen molar-refractivity contribution in [3.63, 3.8) is 0 Å². The van der Waals surface area contributed by atoms with Crippen LogP contribution in [0.3, 0.4) is 0 Å². The Hall–Kier alpha value is -3.48. The summed E-state index contributed by atoms with van der Waals surface area (Å²) in [6.07, 6.45) is 3.68. The van der Waals surface area contributed by atoms with E-state index in [0.29, 0.717) is 36.0 Å². The zero-order chi connectivity index (χ0) is 20.2. The molecule has 0 radical (unpaired) electrons. The van der Waals surface area contributed by atoms with Crippen LogP contribution < -0.4 is 10.9 Å². The molecule has 1 fully saturated rings. The maximum atomic E-state index is 12.5. The van der Waals surface area contributed by atoms with Crippen molar-refractivity contribution < 1.29 is 9.59 Å². The summed E-state index contributed by atoms with van der Waals surface area (Å²) in [6.45, 7) is 2.02. The van der Waals surface area contributed by atoms with Gasteiger partial charge < -0.3 is 15.2 Å². The molecule has 3 aromatic rings. The highest BCUT2D eigenvalue weighted by Crippen LogP contribution is 2.23. The number of likely N-dealkylation sites (tertiary alicyclic amines) is 1. The number of carbonyl (C=O) groups is 2. The van der Waals surface area contributed by atoms with E-state index < -0.39 is 0 Å². The SMILES string of the molecule is O=C(NCCCN1CCCC1=O)c1cccc(-c2ccc3nc[nH]c(=O)c3c2)c1. The minimum absolute atomic E-state index is 0.153. The summed E-state index contributed by atoms with van der Waals surface area (Å²) in [5.74, 6) is 0.0494. The molecule has 0 bridgehead atoms. The molecule has 1 aliphatic rings. The lowest BCUT2D eigenvalue weighted by atomic mass is 10.0. The summed E-state index contributed by atoms with van der Waals surface area (Å²) in [7, 11) is 0. The van der Waals surface area contributed by atoms with E-state index >= 15 is 0 Å². The molecular weight excluding hydrogens is 368 g/mol. The molecule has 2 aromatic carbocycles. The van der Waals surface area contributed by atoms with Gasteiger partial charge in [-0.2, -0.15) is 0 Å². The zero-order valence-electron chi connectivity index (χ0n) is 16.0. The molecular formula is C22H22N4O3. The van der Waals surface area contributed by atoms with Crippen LogP contribution in [0.4, 0.5) is 0 Å². The van der Waals surface area contributed by atoms with Crippen LogP contribution in [0.2, 0.25) is 0 Å². The number of benzene rings is 2. The van der Waals surface area contributed by atoms with Crippen LogP contribution in [0.15, 0.2) is 53.6 Å². The van der Waals surface area contributed by atoms with E-state index in [1.54, 1.807) is 18.2 Å². The standard InChI is InChI=1S/C22H22N4O3/c27-20-6-2-10-26(20)11-3-9-23-21(28)17-5-1-4-15(12-17)16-7-8-19-18(13-16)22(29)25-14-24-19/h1,4-5,7-8,12-14H,2-3,6,9-11H2,(H,23,28)(H,24,25,29). The molecule has 148 valence electrons. The topological polar surface area (TPSA) is 95.2 Å². The molecule has 2 amide bonds. The predicted molar refractivity (Wildman–Crippen MR) is 111 cm³/mol. The average molecular weight is 390 g/mol. The van der Waals surface area contributed by atoms with Crippen LogP contribution in [-0.2, 0) is 4.79 Å². The number of fused-ring (bicyclic) bond motifs is 1. The van der Waals surface area contributed by atoms with Crippen molar-refractivity contribution in [2.24, 2.45) is 0 Å². The Kier molecular flexibility index (Phi) is 5.37. The van der Waals surface area contributed by atoms with Crippen LogP contribution in [0.1, 0.15) is 29.6 Å². The van der Waals surface area contributed by atoms with Crippen molar-refractivity contribution in [1.82, 2.24) is 20.2 Å².